The largest absolute Gasteiger partial charge is 0.355 e. The van der Waals surface area contributed by atoms with Gasteiger partial charge in [-0.3, -0.25) is 18.9 Å². The maximum absolute atomic E-state index is 13.6. The average molecular weight is 525 g/mol. The van der Waals surface area contributed by atoms with Crippen molar-refractivity contribution in [1.29, 1.82) is 0 Å². The zero-order valence-electron chi connectivity index (χ0n) is 19.5. The highest BCUT2D eigenvalue weighted by atomic mass is 35.5. The monoisotopic (exact) mass is 524 g/mol. The lowest BCUT2D eigenvalue weighted by Gasteiger charge is -2.36. The number of hydrogen-bond donors (Lipinski definition) is 0. The highest BCUT2D eigenvalue weighted by Crippen LogP contribution is 2.36. The highest BCUT2D eigenvalue weighted by Gasteiger charge is 2.34. The van der Waals surface area contributed by atoms with Gasteiger partial charge in [-0.1, -0.05) is 73.7 Å². The van der Waals surface area contributed by atoms with Crippen molar-refractivity contribution < 1.29 is 4.79 Å². The fraction of sp³-hybridized carbons (Fsp3) is 0.308. The van der Waals surface area contributed by atoms with Gasteiger partial charge in [-0.2, -0.15) is 0 Å². The van der Waals surface area contributed by atoms with Gasteiger partial charge in [0.15, 0.2) is 0 Å². The second kappa shape index (κ2) is 9.76. The van der Waals surface area contributed by atoms with E-state index in [1.165, 1.54) is 21.1 Å². The lowest BCUT2D eigenvalue weighted by Crippen LogP contribution is -2.40. The average Bonchev–Trinajstić information content (AvgIpc) is 3.09. The van der Waals surface area contributed by atoms with Crippen LogP contribution in [0.15, 0.2) is 58.4 Å². The Balaban J connectivity index is 1.57. The fourth-order valence-corrected chi connectivity index (χ4v) is 6.29. The van der Waals surface area contributed by atoms with Gasteiger partial charge in [-0.05, 0) is 48.1 Å². The van der Waals surface area contributed by atoms with Crippen LogP contribution < -0.4 is 10.5 Å². The van der Waals surface area contributed by atoms with Gasteiger partial charge >= 0.3 is 0 Å². The maximum atomic E-state index is 13.6. The molecule has 0 aliphatic carbocycles. The standard InChI is InChI=1S/C26H25ClN4O2S2/c1-16-11-17(2)14-29(13-16)23-19(24(32)30-10-6-5-9-22(30)28-23)12-21-25(33)31(26(34)35-21)15-18-7-3-4-8-20(18)27/h3-10,12,16-17H,11,13-15H2,1-2H3/b21-12+. The fourth-order valence-electron chi connectivity index (χ4n) is 4.86. The van der Waals surface area contributed by atoms with E-state index in [9.17, 15) is 9.59 Å². The van der Waals surface area contributed by atoms with E-state index in [4.69, 9.17) is 28.8 Å². The van der Waals surface area contributed by atoms with E-state index in [2.05, 4.69) is 18.7 Å². The van der Waals surface area contributed by atoms with Crippen molar-refractivity contribution in [3.63, 3.8) is 0 Å². The lowest BCUT2D eigenvalue weighted by molar-refractivity contribution is -0.122. The number of nitrogens with zero attached hydrogens (tertiary/aromatic N) is 4. The molecule has 0 N–H and O–H groups in total. The van der Waals surface area contributed by atoms with Crippen molar-refractivity contribution in [2.24, 2.45) is 11.8 Å². The smallest absolute Gasteiger partial charge is 0.267 e. The Bertz CT molecular complexity index is 1410. The number of carbonyl (C=O) groups is 1. The van der Waals surface area contributed by atoms with Gasteiger partial charge in [-0.25, -0.2) is 4.98 Å². The van der Waals surface area contributed by atoms with Crippen LogP contribution in [-0.4, -0.2) is 37.6 Å². The first-order valence-corrected chi connectivity index (χ1v) is 13.2. The summed E-state index contributed by atoms with van der Waals surface area (Å²) < 4.78 is 1.97. The van der Waals surface area contributed by atoms with Crippen LogP contribution >= 0.6 is 35.6 Å². The van der Waals surface area contributed by atoms with E-state index in [0.29, 0.717) is 43.1 Å². The van der Waals surface area contributed by atoms with Crippen molar-refractivity contribution in [1.82, 2.24) is 14.3 Å². The minimum Gasteiger partial charge on any atom is -0.355 e. The molecule has 0 bridgehead atoms. The van der Waals surface area contributed by atoms with E-state index >= 15 is 0 Å². The molecule has 0 radical (unpaired) electrons. The molecule has 9 heteroatoms. The van der Waals surface area contributed by atoms with Crippen LogP contribution in [0.4, 0.5) is 5.82 Å². The van der Waals surface area contributed by atoms with E-state index in [1.54, 1.807) is 24.4 Å². The third kappa shape index (κ3) is 4.75. The number of piperidine rings is 1. The Labute approximate surface area is 218 Å². The third-order valence-electron chi connectivity index (χ3n) is 6.35. The molecule has 35 heavy (non-hydrogen) atoms. The molecule has 1 aromatic carbocycles. The van der Waals surface area contributed by atoms with Gasteiger partial charge in [0.2, 0.25) is 0 Å². The van der Waals surface area contributed by atoms with Gasteiger partial charge < -0.3 is 4.90 Å². The summed E-state index contributed by atoms with van der Waals surface area (Å²) >= 11 is 13.0. The number of pyridine rings is 1. The normalized spacial score (nSPS) is 22.0. The summed E-state index contributed by atoms with van der Waals surface area (Å²) in [4.78, 5) is 36.0. The SMILES string of the molecule is CC1CC(C)CN(c2nc3ccccn3c(=O)c2/C=C2/SC(=S)N(Cc3ccccc3Cl)C2=O)C1. The van der Waals surface area contributed by atoms with E-state index < -0.39 is 0 Å². The number of fused-ring (bicyclic) bond motifs is 1. The molecule has 5 rings (SSSR count). The number of thiocarbonyl (C=S) groups is 1. The van der Waals surface area contributed by atoms with Crippen LogP contribution in [0, 0.1) is 11.8 Å². The minimum absolute atomic E-state index is 0.201. The molecular weight excluding hydrogens is 500 g/mol. The molecule has 0 saturated carbocycles. The molecule has 2 aliphatic rings. The van der Waals surface area contributed by atoms with Gasteiger partial charge in [0.05, 0.1) is 17.0 Å². The summed E-state index contributed by atoms with van der Waals surface area (Å²) in [7, 11) is 0. The molecule has 3 aromatic rings. The summed E-state index contributed by atoms with van der Waals surface area (Å²) in [6, 6.07) is 12.9. The topological polar surface area (TPSA) is 57.9 Å². The molecule has 2 unspecified atom stereocenters. The Morgan fingerprint density at radius 2 is 1.83 bits per heavy atom. The molecule has 0 spiro atoms. The number of hydrogen-bond acceptors (Lipinski definition) is 6. The molecule has 2 aliphatic heterocycles. The van der Waals surface area contributed by atoms with Crippen molar-refractivity contribution in [2.45, 2.75) is 26.8 Å². The Kier molecular flexibility index (Phi) is 6.70. The lowest BCUT2D eigenvalue weighted by atomic mass is 9.91. The number of halogens is 1. The zero-order valence-corrected chi connectivity index (χ0v) is 21.9. The highest BCUT2D eigenvalue weighted by molar-refractivity contribution is 8.26. The quantitative estimate of drug-likeness (QED) is 0.344. The molecule has 2 aromatic heterocycles. The minimum atomic E-state index is -0.233. The summed E-state index contributed by atoms with van der Waals surface area (Å²) in [5, 5.41) is 0.582. The number of thioether (sulfide) groups is 1. The van der Waals surface area contributed by atoms with Gasteiger partial charge in [0, 0.05) is 24.3 Å². The van der Waals surface area contributed by atoms with Crippen LogP contribution in [-0.2, 0) is 11.3 Å². The van der Waals surface area contributed by atoms with Crippen LogP contribution in [0.5, 0.6) is 0 Å². The molecule has 6 nitrogen and oxygen atoms in total. The van der Waals surface area contributed by atoms with E-state index in [-0.39, 0.29) is 18.0 Å². The molecule has 4 heterocycles. The molecule has 180 valence electrons. The van der Waals surface area contributed by atoms with Gasteiger partial charge in [0.1, 0.15) is 15.8 Å². The molecule has 2 atom stereocenters. The number of aromatic nitrogens is 2. The van der Waals surface area contributed by atoms with E-state index in [0.717, 1.165) is 25.1 Å². The number of carbonyl (C=O) groups excluding carboxylic acids is 1. The summed E-state index contributed by atoms with van der Waals surface area (Å²) in [5.41, 5.74) is 1.61. The molecule has 2 saturated heterocycles. The zero-order chi connectivity index (χ0) is 24.7. The van der Waals surface area contributed by atoms with Crippen LogP contribution in [0.25, 0.3) is 11.7 Å². The molecule has 1 amide bonds. The Hall–Kier alpha value is -2.68. The van der Waals surface area contributed by atoms with Crippen LogP contribution in [0.2, 0.25) is 5.02 Å². The van der Waals surface area contributed by atoms with Crippen LogP contribution in [0.3, 0.4) is 0 Å². The van der Waals surface area contributed by atoms with Gasteiger partial charge in [0.25, 0.3) is 11.5 Å². The van der Waals surface area contributed by atoms with Crippen molar-refractivity contribution >= 4 is 63.3 Å². The summed E-state index contributed by atoms with van der Waals surface area (Å²) in [6.45, 7) is 6.35. The van der Waals surface area contributed by atoms with Gasteiger partial charge in [-0.15, -0.1) is 0 Å². The number of rotatable bonds is 4. The number of anilines is 1. The molecule has 2 fully saturated rings. The van der Waals surface area contributed by atoms with Crippen LogP contribution in [0.1, 0.15) is 31.4 Å². The number of amides is 1. The Morgan fingerprint density at radius 3 is 2.57 bits per heavy atom. The first-order valence-electron chi connectivity index (χ1n) is 11.6. The summed E-state index contributed by atoms with van der Waals surface area (Å²) in [6.07, 6.45) is 4.51. The molecular formula is C26H25ClN4O2S2. The van der Waals surface area contributed by atoms with E-state index in [1.807, 2.05) is 30.3 Å². The second-order valence-electron chi connectivity index (χ2n) is 9.29. The third-order valence-corrected chi connectivity index (χ3v) is 8.10. The summed E-state index contributed by atoms with van der Waals surface area (Å²) in [5.74, 6) is 1.35. The van der Waals surface area contributed by atoms with Crippen molar-refractivity contribution in [2.75, 3.05) is 18.0 Å². The Morgan fingerprint density at radius 1 is 1.11 bits per heavy atom. The first-order chi connectivity index (χ1) is 16.8. The predicted molar refractivity (Wildman–Crippen MR) is 147 cm³/mol. The maximum Gasteiger partial charge on any atom is 0.267 e. The predicted octanol–water partition coefficient (Wildman–Crippen LogP) is 5.23. The van der Waals surface area contributed by atoms with Crippen molar-refractivity contribution in [3.8, 4) is 0 Å². The number of benzene rings is 1. The first kappa shape index (κ1) is 24.0. The van der Waals surface area contributed by atoms with Crippen molar-refractivity contribution in [3.05, 3.63) is 80.1 Å². The second-order valence-corrected chi connectivity index (χ2v) is 11.4.